The highest BCUT2D eigenvalue weighted by Crippen LogP contribution is 2.71. The Balaban J connectivity index is 0.831. The van der Waals surface area contributed by atoms with E-state index in [1.165, 1.54) is 70.6 Å². The third kappa shape index (κ3) is 7.46. The van der Waals surface area contributed by atoms with Crippen LogP contribution in [0.2, 0.25) is 0 Å². The number of halogens is 1. The highest BCUT2D eigenvalue weighted by Gasteiger charge is 2.64. The number of nitrogens with zero attached hydrogens (tertiary/aromatic N) is 1. The van der Waals surface area contributed by atoms with Crippen molar-refractivity contribution in [3.63, 3.8) is 0 Å². The molecule has 5 nitrogen and oxygen atoms in total. The molecule has 0 spiro atoms. The van der Waals surface area contributed by atoms with Crippen LogP contribution in [0.4, 0.5) is 10.1 Å². The molecule has 3 N–H and O–H groups in total. The van der Waals surface area contributed by atoms with Gasteiger partial charge in [-0.25, -0.2) is 4.39 Å². The zero-order valence-electron chi connectivity index (χ0n) is 38.2. The number of hydrogen-bond donors (Lipinski definition) is 3. The van der Waals surface area contributed by atoms with Crippen LogP contribution >= 0.6 is 0 Å². The lowest BCUT2D eigenvalue weighted by Crippen LogP contribution is -2.58. The maximum absolute atomic E-state index is 16.4. The van der Waals surface area contributed by atoms with Crippen molar-refractivity contribution in [2.24, 2.45) is 75.4 Å². The van der Waals surface area contributed by atoms with Gasteiger partial charge in [0.2, 0.25) is 0 Å². The minimum Gasteiger partial charge on any atom is -0.393 e. The van der Waals surface area contributed by atoms with Crippen molar-refractivity contribution in [1.82, 2.24) is 0 Å². The summed E-state index contributed by atoms with van der Waals surface area (Å²) < 4.78 is 23.1. The first-order valence-corrected chi connectivity index (χ1v) is 25.1. The third-order valence-corrected chi connectivity index (χ3v) is 20.5. The summed E-state index contributed by atoms with van der Waals surface area (Å²) >= 11 is 0. The van der Waals surface area contributed by atoms with Gasteiger partial charge in [0.25, 0.3) is 0 Å². The predicted molar refractivity (Wildman–Crippen MR) is 239 cm³/mol. The van der Waals surface area contributed by atoms with Gasteiger partial charge in [-0.15, -0.1) is 5.92 Å². The number of ether oxygens (including phenoxy) is 1. The van der Waals surface area contributed by atoms with Crippen molar-refractivity contribution in [3.05, 3.63) is 40.7 Å². The molecule has 7 saturated carbocycles. The Hall–Kier alpha value is -1.91. The first-order chi connectivity index (χ1) is 28.7. The van der Waals surface area contributed by atoms with Crippen LogP contribution in [0.1, 0.15) is 168 Å². The summed E-state index contributed by atoms with van der Waals surface area (Å²) in [5.74, 6) is 13.5. The molecule has 8 aliphatic carbocycles. The van der Waals surface area contributed by atoms with E-state index in [4.69, 9.17) is 4.74 Å². The van der Waals surface area contributed by atoms with Gasteiger partial charge in [-0.3, -0.25) is 0 Å². The van der Waals surface area contributed by atoms with E-state index in [-0.39, 0.29) is 29.4 Å². The quantitative estimate of drug-likeness (QED) is 0.124. The molecule has 332 valence electrons. The summed E-state index contributed by atoms with van der Waals surface area (Å²) in [6, 6.07) is 6.16. The molecule has 0 heterocycles. The van der Waals surface area contributed by atoms with Gasteiger partial charge in [0.15, 0.2) is 6.29 Å². The Kier molecular flexibility index (Phi) is 12.2. The number of aliphatic hydroxyl groups is 3. The summed E-state index contributed by atoms with van der Waals surface area (Å²) in [6.07, 6.45) is 20.5. The van der Waals surface area contributed by atoms with Crippen molar-refractivity contribution in [2.75, 3.05) is 25.1 Å². The Morgan fingerprint density at radius 1 is 0.883 bits per heavy atom. The Labute approximate surface area is 363 Å². The molecule has 0 bridgehead atoms. The standard InChI is InChI=1S/C54H80FNO4/c1-7-8-34-10-14-40-41-15-11-35-29-37(57)13-16-39(35)51(41)44(31-43(34)40)36-12-19-49(48(55)30-36)56(6)27-28-60-38-21-26-54(5)47-23-25-53(4)45(33(2)9-20-50(58)59)17-18-46(53)42(47)22-24-52(54,3)32-38/h12,19,30,33-35,37-38,40-47,50,57-59H,9-11,13-18,20-29,31-32H2,1-6H3/t33?,34?,35?,37?,38?,40?,41?,42?,43?,44-,45-,46+,47+,52?,53?,54?/m1/s1. The van der Waals surface area contributed by atoms with Crippen LogP contribution in [0.25, 0.3) is 0 Å². The monoisotopic (exact) mass is 826 g/mol. The average molecular weight is 826 g/mol. The summed E-state index contributed by atoms with van der Waals surface area (Å²) in [4.78, 5) is 2.07. The molecule has 12 unspecified atom stereocenters. The second kappa shape index (κ2) is 16.9. The molecule has 0 amide bonds. The molecule has 1 aromatic carbocycles. The zero-order chi connectivity index (χ0) is 42.1. The number of rotatable bonds is 10. The number of aliphatic hydroxyl groups excluding tert-OH is 2. The molecule has 8 aliphatic rings. The Morgan fingerprint density at radius 2 is 1.72 bits per heavy atom. The Morgan fingerprint density at radius 3 is 2.50 bits per heavy atom. The van der Waals surface area contributed by atoms with Gasteiger partial charge in [0.05, 0.1) is 24.5 Å². The van der Waals surface area contributed by atoms with Crippen LogP contribution in [-0.4, -0.2) is 54.0 Å². The number of hydrogen-bond acceptors (Lipinski definition) is 5. The summed E-state index contributed by atoms with van der Waals surface area (Å²) in [5.41, 5.74) is 6.10. The highest BCUT2D eigenvalue weighted by molar-refractivity contribution is 5.51. The molecular formula is C54H80FNO4. The normalized spacial score (nSPS) is 43.8. The number of anilines is 1. The molecule has 9 rings (SSSR count). The highest BCUT2D eigenvalue weighted by atomic mass is 19.1. The molecule has 0 radical (unpaired) electrons. The lowest BCUT2D eigenvalue weighted by molar-refractivity contribution is -0.177. The Bertz CT molecular complexity index is 1820. The molecule has 0 aliphatic heterocycles. The SMILES string of the molecule is CC#CC1CCC2C3CCC4CC(O)CCC4=C3[C@@H](c3ccc(N(C)CCOC4CCC5(C)[C@H]6CCC7(C)[C@@H](C(C)CCC(O)O)CC[C@H]7C6CCC5(C)C4)c(F)c3)CC12. The molecular weight excluding hydrogens is 746 g/mol. The van der Waals surface area contributed by atoms with Crippen LogP contribution in [-0.2, 0) is 4.74 Å². The van der Waals surface area contributed by atoms with E-state index < -0.39 is 6.29 Å². The lowest BCUT2D eigenvalue weighted by atomic mass is 9.40. The van der Waals surface area contributed by atoms with Gasteiger partial charge in [0.1, 0.15) is 5.82 Å². The van der Waals surface area contributed by atoms with Crippen LogP contribution in [0.5, 0.6) is 0 Å². The van der Waals surface area contributed by atoms with E-state index in [1.807, 2.05) is 26.1 Å². The summed E-state index contributed by atoms with van der Waals surface area (Å²) in [6.45, 7) is 13.5. The minimum atomic E-state index is -1.18. The maximum Gasteiger partial charge on any atom is 0.151 e. The molecule has 16 atom stereocenters. The van der Waals surface area contributed by atoms with Crippen molar-refractivity contribution in [3.8, 4) is 11.8 Å². The van der Waals surface area contributed by atoms with E-state index in [9.17, 15) is 15.3 Å². The fourth-order valence-electron chi connectivity index (χ4n) is 17.3. The summed E-state index contributed by atoms with van der Waals surface area (Å²) in [5, 5.41) is 29.7. The molecule has 0 saturated heterocycles. The number of likely N-dealkylation sites (N-methyl/N-ethyl adjacent to an activating group) is 1. The minimum absolute atomic E-state index is 0.115. The van der Waals surface area contributed by atoms with Crippen LogP contribution in [0.15, 0.2) is 29.3 Å². The fraction of sp³-hybridized carbons (Fsp3) is 0.815. The van der Waals surface area contributed by atoms with E-state index in [1.54, 1.807) is 11.1 Å². The van der Waals surface area contributed by atoms with E-state index >= 15 is 4.39 Å². The number of allylic oxidation sites excluding steroid dienone is 2. The van der Waals surface area contributed by atoms with Gasteiger partial charge in [-0.1, -0.05) is 50.8 Å². The third-order valence-electron chi connectivity index (χ3n) is 20.5. The summed E-state index contributed by atoms with van der Waals surface area (Å²) in [7, 11) is 2.03. The van der Waals surface area contributed by atoms with Gasteiger partial charge in [0, 0.05) is 25.4 Å². The van der Waals surface area contributed by atoms with Crippen LogP contribution < -0.4 is 4.90 Å². The van der Waals surface area contributed by atoms with E-state index in [2.05, 4.69) is 50.5 Å². The smallest absolute Gasteiger partial charge is 0.151 e. The largest absolute Gasteiger partial charge is 0.393 e. The van der Waals surface area contributed by atoms with Gasteiger partial charge >= 0.3 is 0 Å². The maximum atomic E-state index is 16.4. The van der Waals surface area contributed by atoms with Crippen molar-refractivity contribution < 1.29 is 24.4 Å². The van der Waals surface area contributed by atoms with Crippen LogP contribution in [0, 0.1) is 93.1 Å². The van der Waals surface area contributed by atoms with Crippen LogP contribution in [0.3, 0.4) is 0 Å². The van der Waals surface area contributed by atoms with E-state index in [0.717, 1.165) is 68.3 Å². The molecule has 7 fully saturated rings. The van der Waals surface area contributed by atoms with E-state index in [0.29, 0.717) is 77.5 Å². The molecule has 6 heteroatoms. The second-order valence-electron chi connectivity index (χ2n) is 23.0. The molecule has 60 heavy (non-hydrogen) atoms. The van der Waals surface area contributed by atoms with Gasteiger partial charge in [-0.2, -0.15) is 0 Å². The first kappa shape index (κ1) is 43.3. The number of benzene rings is 1. The van der Waals surface area contributed by atoms with Crippen molar-refractivity contribution >= 4 is 5.69 Å². The van der Waals surface area contributed by atoms with Gasteiger partial charge < -0.3 is 25.0 Å². The second-order valence-corrected chi connectivity index (χ2v) is 23.0. The number of fused-ring (bicyclic) bond motifs is 9. The predicted octanol–water partition coefficient (Wildman–Crippen LogP) is 11.4. The fourth-order valence-corrected chi connectivity index (χ4v) is 17.3. The molecule has 1 aromatic rings. The van der Waals surface area contributed by atoms with Crippen molar-refractivity contribution in [2.45, 2.75) is 181 Å². The lowest BCUT2D eigenvalue weighted by Gasteiger charge is -2.65. The van der Waals surface area contributed by atoms with Crippen molar-refractivity contribution in [1.29, 1.82) is 0 Å². The molecule has 0 aromatic heterocycles. The van der Waals surface area contributed by atoms with Gasteiger partial charge in [-0.05, 0) is 216 Å². The zero-order valence-corrected chi connectivity index (χ0v) is 38.2. The first-order valence-electron chi connectivity index (χ1n) is 25.1. The average Bonchev–Trinajstić information content (AvgIpc) is 3.80. The topological polar surface area (TPSA) is 73.2 Å².